The number of Topliss-reactive ketones (excluding diaryl/α,β-unsaturated/α-hetero) is 1. The van der Waals surface area contributed by atoms with E-state index in [2.05, 4.69) is 65.7 Å². The monoisotopic (exact) mass is 372 g/mol. The summed E-state index contributed by atoms with van der Waals surface area (Å²) in [5, 5.41) is 3.40. The van der Waals surface area contributed by atoms with Crippen molar-refractivity contribution in [1.82, 2.24) is 0 Å². The van der Waals surface area contributed by atoms with Gasteiger partial charge in [-0.25, -0.2) is 0 Å². The number of benzene rings is 3. The minimum atomic E-state index is -0.366. The van der Waals surface area contributed by atoms with Crippen LogP contribution in [0.5, 0.6) is 0 Å². The Morgan fingerprint density at radius 2 is 1.29 bits per heavy atom. The van der Waals surface area contributed by atoms with E-state index in [-0.39, 0.29) is 11.2 Å². The van der Waals surface area contributed by atoms with Crippen molar-refractivity contribution in [1.29, 1.82) is 0 Å². The molecule has 3 aromatic rings. The van der Waals surface area contributed by atoms with Gasteiger partial charge in [0.15, 0.2) is 5.78 Å². The van der Waals surface area contributed by atoms with Crippen molar-refractivity contribution in [2.24, 2.45) is 5.41 Å². The van der Waals surface area contributed by atoms with Crippen LogP contribution >= 0.6 is 0 Å². The minimum absolute atomic E-state index is 0.156. The molecule has 0 saturated heterocycles. The second-order valence-corrected chi connectivity index (χ2v) is 7.91. The Morgan fingerprint density at radius 3 is 1.79 bits per heavy atom. The third kappa shape index (κ3) is 4.61. The predicted octanol–water partition coefficient (Wildman–Crippen LogP) is 6.82. The van der Waals surface area contributed by atoms with Gasteiger partial charge >= 0.3 is 0 Å². The van der Waals surface area contributed by atoms with E-state index in [1.807, 2.05) is 51.1 Å². The SMILES string of the molecule is CCN(c1ccccc1)c1ccc(Nc2ccc(C(=O)C(C)(C)C)cc2)cc1. The molecule has 0 radical (unpaired) electrons. The van der Waals surface area contributed by atoms with E-state index >= 15 is 0 Å². The van der Waals surface area contributed by atoms with Gasteiger partial charge in [0.1, 0.15) is 0 Å². The lowest BCUT2D eigenvalue weighted by Gasteiger charge is -2.23. The quantitative estimate of drug-likeness (QED) is 0.482. The molecule has 0 atom stereocenters. The molecule has 0 fully saturated rings. The molecule has 0 spiro atoms. The first-order chi connectivity index (χ1) is 13.4. The van der Waals surface area contributed by atoms with Crippen molar-refractivity contribution in [2.75, 3.05) is 16.8 Å². The molecule has 3 aromatic carbocycles. The van der Waals surface area contributed by atoms with E-state index in [1.54, 1.807) is 0 Å². The zero-order valence-electron chi connectivity index (χ0n) is 17.1. The van der Waals surface area contributed by atoms with Crippen molar-refractivity contribution in [3.05, 3.63) is 84.4 Å². The maximum Gasteiger partial charge on any atom is 0.168 e. The Hall–Kier alpha value is -3.07. The highest BCUT2D eigenvalue weighted by atomic mass is 16.1. The maximum atomic E-state index is 12.4. The standard InChI is InChI=1S/C25H28N2O/c1-5-27(22-9-7-6-8-10-22)23-17-15-21(16-18-23)26-20-13-11-19(12-14-20)24(28)25(2,3)4/h6-18,26H,5H2,1-4H3. The summed E-state index contributed by atoms with van der Waals surface area (Å²) in [4.78, 5) is 14.6. The molecule has 28 heavy (non-hydrogen) atoms. The van der Waals surface area contributed by atoms with Gasteiger partial charge in [-0.3, -0.25) is 4.79 Å². The van der Waals surface area contributed by atoms with Crippen LogP contribution < -0.4 is 10.2 Å². The summed E-state index contributed by atoms with van der Waals surface area (Å²) >= 11 is 0. The molecule has 0 aromatic heterocycles. The average Bonchev–Trinajstić information content (AvgIpc) is 2.70. The Kier molecular flexibility index (Phi) is 5.84. The van der Waals surface area contributed by atoms with Crippen molar-refractivity contribution in [2.45, 2.75) is 27.7 Å². The Morgan fingerprint density at radius 1 is 0.786 bits per heavy atom. The number of carbonyl (C=O) groups is 1. The van der Waals surface area contributed by atoms with Gasteiger partial charge in [-0.1, -0.05) is 39.0 Å². The van der Waals surface area contributed by atoms with Gasteiger partial charge < -0.3 is 10.2 Å². The van der Waals surface area contributed by atoms with Gasteiger partial charge in [-0.05, 0) is 67.6 Å². The molecule has 3 rings (SSSR count). The highest BCUT2D eigenvalue weighted by Crippen LogP contribution is 2.27. The molecule has 144 valence electrons. The number of carbonyl (C=O) groups excluding carboxylic acids is 1. The zero-order chi connectivity index (χ0) is 20.1. The highest BCUT2D eigenvalue weighted by molar-refractivity contribution is 6.00. The summed E-state index contributed by atoms with van der Waals surface area (Å²) in [5.41, 5.74) is 4.70. The van der Waals surface area contributed by atoms with E-state index in [0.29, 0.717) is 0 Å². The summed E-state index contributed by atoms with van der Waals surface area (Å²) < 4.78 is 0. The van der Waals surface area contributed by atoms with Crippen LogP contribution in [-0.4, -0.2) is 12.3 Å². The summed E-state index contributed by atoms with van der Waals surface area (Å²) in [5.74, 6) is 0.156. The van der Waals surface area contributed by atoms with Gasteiger partial charge in [-0.2, -0.15) is 0 Å². The van der Waals surface area contributed by atoms with Crippen LogP contribution in [0.1, 0.15) is 38.1 Å². The molecule has 3 nitrogen and oxygen atoms in total. The smallest absolute Gasteiger partial charge is 0.168 e. The first-order valence-corrected chi connectivity index (χ1v) is 9.73. The third-order valence-corrected chi connectivity index (χ3v) is 4.68. The van der Waals surface area contributed by atoms with Crippen molar-refractivity contribution < 1.29 is 4.79 Å². The van der Waals surface area contributed by atoms with E-state index < -0.39 is 0 Å². The number of hydrogen-bond acceptors (Lipinski definition) is 3. The minimum Gasteiger partial charge on any atom is -0.356 e. The molecule has 0 unspecified atom stereocenters. The first kappa shape index (κ1) is 19.7. The fraction of sp³-hybridized carbons (Fsp3) is 0.240. The van der Waals surface area contributed by atoms with Crippen LogP contribution in [0.25, 0.3) is 0 Å². The van der Waals surface area contributed by atoms with Crippen LogP contribution in [0.3, 0.4) is 0 Å². The molecule has 0 aliphatic rings. The molecular formula is C25H28N2O. The number of nitrogens with zero attached hydrogens (tertiary/aromatic N) is 1. The van der Waals surface area contributed by atoms with Gasteiger partial charge in [0.05, 0.1) is 0 Å². The molecule has 0 heterocycles. The van der Waals surface area contributed by atoms with Crippen molar-refractivity contribution in [3.63, 3.8) is 0 Å². The van der Waals surface area contributed by atoms with Gasteiger partial charge in [0.25, 0.3) is 0 Å². The molecule has 0 amide bonds. The molecule has 3 heteroatoms. The number of anilines is 4. The van der Waals surface area contributed by atoms with Crippen molar-refractivity contribution >= 4 is 28.5 Å². The molecule has 1 N–H and O–H groups in total. The molecule has 0 aliphatic carbocycles. The van der Waals surface area contributed by atoms with Crippen LogP contribution in [0.2, 0.25) is 0 Å². The molecule has 0 saturated carbocycles. The number of nitrogens with one attached hydrogen (secondary N) is 1. The zero-order valence-corrected chi connectivity index (χ0v) is 17.1. The number of rotatable bonds is 6. The van der Waals surface area contributed by atoms with Gasteiger partial charge in [-0.15, -0.1) is 0 Å². The highest BCUT2D eigenvalue weighted by Gasteiger charge is 2.22. The number of para-hydroxylation sites is 1. The summed E-state index contributed by atoms with van der Waals surface area (Å²) in [7, 11) is 0. The third-order valence-electron chi connectivity index (χ3n) is 4.68. The van der Waals surface area contributed by atoms with Gasteiger partial charge in [0.2, 0.25) is 0 Å². The fourth-order valence-corrected chi connectivity index (χ4v) is 3.15. The maximum absolute atomic E-state index is 12.4. The van der Waals surface area contributed by atoms with E-state index in [9.17, 15) is 4.79 Å². The first-order valence-electron chi connectivity index (χ1n) is 9.73. The molecule has 0 bridgehead atoms. The van der Waals surface area contributed by atoms with Crippen LogP contribution in [0, 0.1) is 5.41 Å². The van der Waals surface area contributed by atoms with Gasteiger partial charge in [0, 0.05) is 40.3 Å². The number of hydrogen-bond donors (Lipinski definition) is 1. The Balaban J connectivity index is 1.71. The van der Waals surface area contributed by atoms with Crippen LogP contribution in [0.15, 0.2) is 78.9 Å². The Labute approximate surface area is 168 Å². The molecular weight excluding hydrogens is 344 g/mol. The summed E-state index contributed by atoms with van der Waals surface area (Å²) in [6.07, 6.45) is 0. The van der Waals surface area contributed by atoms with E-state index in [0.717, 1.165) is 29.2 Å². The predicted molar refractivity (Wildman–Crippen MR) is 119 cm³/mol. The lowest BCUT2D eigenvalue weighted by molar-refractivity contribution is 0.0858. The van der Waals surface area contributed by atoms with E-state index in [4.69, 9.17) is 0 Å². The average molecular weight is 373 g/mol. The second kappa shape index (κ2) is 8.30. The Bertz CT molecular complexity index is 908. The van der Waals surface area contributed by atoms with Crippen LogP contribution in [-0.2, 0) is 0 Å². The largest absolute Gasteiger partial charge is 0.356 e. The van der Waals surface area contributed by atoms with Crippen LogP contribution in [0.4, 0.5) is 22.7 Å². The lowest BCUT2D eigenvalue weighted by Crippen LogP contribution is -2.19. The summed E-state index contributed by atoms with van der Waals surface area (Å²) in [6, 6.07) is 26.5. The normalized spacial score (nSPS) is 11.1. The molecule has 0 aliphatic heterocycles. The fourth-order valence-electron chi connectivity index (χ4n) is 3.15. The number of ketones is 1. The topological polar surface area (TPSA) is 32.3 Å². The summed E-state index contributed by atoms with van der Waals surface area (Å²) in [6.45, 7) is 8.88. The van der Waals surface area contributed by atoms with Crippen molar-refractivity contribution in [3.8, 4) is 0 Å². The lowest BCUT2D eigenvalue weighted by atomic mass is 9.86. The second-order valence-electron chi connectivity index (χ2n) is 7.91. The van der Waals surface area contributed by atoms with E-state index in [1.165, 1.54) is 5.69 Å².